The van der Waals surface area contributed by atoms with Crippen LogP contribution in [-0.2, 0) is 37.1 Å². The van der Waals surface area contributed by atoms with E-state index in [4.69, 9.17) is 32.3 Å². The van der Waals surface area contributed by atoms with Crippen molar-refractivity contribution in [3.05, 3.63) is 65.9 Å². The first kappa shape index (κ1) is 19.3. The Hall–Kier alpha value is -2.96. The van der Waals surface area contributed by atoms with E-state index >= 15 is 0 Å². The predicted molar refractivity (Wildman–Crippen MR) is 152 cm³/mol. The van der Waals surface area contributed by atoms with Gasteiger partial charge >= 0.3 is 6.09 Å². The van der Waals surface area contributed by atoms with Gasteiger partial charge in [0.25, 0.3) is 0 Å². The van der Waals surface area contributed by atoms with Crippen LogP contribution in [0.25, 0.3) is 11.0 Å². The SMILES string of the molecule is [2H]C([2H])([2H])C([2H])([2H])C([2H])([2H])N(C[C@@H](O)[C@H](Cc1ccccc1)NC(=O)O[C@]1([2H])[C@@H]2CCO[C@@H]2OC1([2H])[2H])S(=O)(=O)c1ccc2occ(CC)c2c1. The van der Waals surface area contributed by atoms with Crippen molar-refractivity contribution >= 4 is 27.1 Å². The maximum atomic E-state index is 14.3. The van der Waals surface area contributed by atoms with Gasteiger partial charge in [0.1, 0.15) is 11.7 Å². The number of hydrogen-bond acceptors (Lipinski definition) is 8. The number of carbonyl (C=O) groups excluding carboxylic acids is 1. The first-order chi connectivity index (χ1) is 23.6. The quantitative estimate of drug-likeness (QED) is 0.323. The lowest BCUT2D eigenvalue weighted by Gasteiger charge is -2.30. The molecule has 41 heavy (non-hydrogen) atoms. The van der Waals surface area contributed by atoms with Crippen molar-refractivity contribution in [2.75, 3.05) is 26.2 Å². The number of sulfonamides is 1. The maximum absolute atomic E-state index is 14.3. The van der Waals surface area contributed by atoms with Gasteiger partial charge in [0, 0.05) is 28.0 Å². The van der Waals surface area contributed by atoms with Crippen molar-refractivity contribution in [1.82, 2.24) is 9.62 Å². The number of nitrogens with zero attached hydrogens (tertiary/aromatic N) is 1. The molecule has 0 spiro atoms. The van der Waals surface area contributed by atoms with Crippen molar-refractivity contribution in [3.8, 4) is 0 Å². The molecule has 1 amide bonds. The number of aliphatic hydroxyl groups excluding tert-OH is 1. The summed E-state index contributed by atoms with van der Waals surface area (Å²) in [5.74, 6) is -1.01. The molecular weight excluding hydrogens is 548 g/mol. The van der Waals surface area contributed by atoms with E-state index in [1.807, 2.05) is 0 Å². The monoisotopic (exact) mass is 596 g/mol. The zero-order valence-electron chi connectivity index (χ0n) is 32.2. The number of aliphatic hydroxyl groups is 1. The Balaban J connectivity index is 1.53. The molecule has 2 saturated heterocycles. The van der Waals surface area contributed by atoms with E-state index in [1.54, 1.807) is 37.3 Å². The van der Waals surface area contributed by atoms with E-state index < -0.39 is 84.3 Å². The van der Waals surface area contributed by atoms with Crippen LogP contribution in [0.5, 0.6) is 0 Å². The van der Waals surface area contributed by atoms with Gasteiger partial charge in [0.05, 0.1) is 46.5 Å². The molecule has 0 aliphatic carbocycles. The molecule has 2 aliphatic heterocycles. The van der Waals surface area contributed by atoms with Crippen LogP contribution >= 0.6 is 0 Å². The lowest BCUT2D eigenvalue weighted by atomic mass is 10.0. The zero-order chi connectivity index (χ0) is 37.8. The van der Waals surface area contributed by atoms with Gasteiger partial charge in [0.2, 0.25) is 10.0 Å². The van der Waals surface area contributed by atoms with Gasteiger partial charge in [-0.1, -0.05) is 44.1 Å². The van der Waals surface area contributed by atoms with Crippen LogP contribution in [0.1, 0.15) is 51.4 Å². The zero-order valence-corrected chi connectivity index (χ0v) is 23.0. The highest BCUT2D eigenvalue weighted by Crippen LogP contribution is 2.33. The molecular formula is C30H38N2O8S. The molecule has 10 nitrogen and oxygen atoms in total. The normalized spacial score (nSPS) is 29.7. The van der Waals surface area contributed by atoms with Crippen molar-refractivity contribution < 1.29 is 50.7 Å². The lowest BCUT2D eigenvalue weighted by Crippen LogP contribution is -2.51. The smallest absolute Gasteiger partial charge is 0.407 e. The first-order valence-corrected chi connectivity index (χ1v) is 14.5. The van der Waals surface area contributed by atoms with Crippen LogP contribution < -0.4 is 5.32 Å². The van der Waals surface area contributed by atoms with E-state index in [0.717, 1.165) is 6.07 Å². The van der Waals surface area contributed by atoms with Crippen molar-refractivity contribution in [2.45, 2.75) is 68.8 Å². The van der Waals surface area contributed by atoms with E-state index in [2.05, 4.69) is 5.32 Å². The molecule has 1 aromatic heterocycles. The van der Waals surface area contributed by atoms with E-state index in [1.165, 1.54) is 18.4 Å². The van der Waals surface area contributed by atoms with Crippen molar-refractivity contribution in [1.29, 1.82) is 0 Å². The molecule has 11 heteroatoms. The van der Waals surface area contributed by atoms with E-state index in [-0.39, 0.29) is 23.8 Å². The fourth-order valence-electron chi connectivity index (χ4n) is 4.84. The fraction of sp³-hybridized carbons (Fsp3) is 0.500. The Morgan fingerprint density at radius 1 is 1.32 bits per heavy atom. The van der Waals surface area contributed by atoms with Gasteiger partial charge in [0.15, 0.2) is 6.29 Å². The van der Waals surface area contributed by atoms with E-state index in [0.29, 0.717) is 28.5 Å². The van der Waals surface area contributed by atoms with Gasteiger partial charge in [-0.25, -0.2) is 13.2 Å². The number of amides is 1. The second-order valence-electron chi connectivity index (χ2n) is 9.66. The second-order valence-corrected chi connectivity index (χ2v) is 11.5. The van der Waals surface area contributed by atoms with Crippen molar-refractivity contribution in [3.63, 3.8) is 0 Å². The molecule has 5 atom stereocenters. The number of carbonyl (C=O) groups is 1. The molecule has 0 unspecified atom stereocenters. The number of aryl methyl sites for hydroxylation is 1. The molecule has 2 fully saturated rings. The summed E-state index contributed by atoms with van der Waals surface area (Å²) in [5, 5.41) is 14.3. The van der Waals surface area contributed by atoms with Crippen molar-refractivity contribution in [2.24, 2.45) is 5.92 Å². The summed E-state index contributed by atoms with van der Waals surface area (Å²) in [5.41, 5.74) is 1.40. The van der Waals surface area contributed by atoms with Crippen LogP contribution in [0, 0.1) is 5.92 Å². The average molecular weight is 597 g/mol. The van der Waals surface area contributed by atoms with Gasteiger partial charge in [-0.3, -0.25) is 0 Å². The number of furan rings is 1. The number of fused-ring (bicyclic) bond motifs is 2. The summed E-state index contributed by atoms with van der Waals surface area (Å²) in [6.07, 6.45) is -9.30. The predicted octanol–water partition coefficient (Wildman–Crippen LogP) is 3.86. The molecule has 0 bridgehead atoms. The molecule has 2 N–H and O–H groups in total. The Labute approximate surface area is 254 Å². The van der Waals surface area contributed by atoms with Gasteiger partial charge in [-0.15, -0.1) is 0 Å². The number of alkyl carbamates (subject to hydrolysis) is 1. The average Bonchev–Trinajstić information content (AvgIpc) is 3.73. The van der Waals surface area contributed by atoms with E-state index in [9.17, 15) is 18.3 Å². The Kier molecular flexibility index (Phi) is 6.07. The third kappa shape index (κ3) is 6.60. The molecule has 3 heterocycles. The summed E-state index contributed by atoms with van der Waals surface area (Å²) in [6, 6.07) is 10.2. The third-order valence-corrected chi connectivity index (χ3v) is 8.72. The molecule has 0 radical (unpaired) electrons. The third-order valence-electron chi connectivity index (χ3n) is 7.05. The minimum atomic E-state index is -5.17. The van der Waals surface area contributed by atoms with Gasteiger partial charge in [-0.05, 0) is 55.0 Å². The summed E-state index contributed by atoms with van der Waals surface area (Å²) < 4.78 is 132. The topological polar surface area (TPSA) is 128 Å². The summed E-state index contributed by atoms with van der Waals surface area (Å²) in [6.45, 7) is -9.68. The molecule has 222 valence electrons. The molecule has 3 aromatic rings. The Morgan fingerprint density at radius 3 is 2.93 bits per heavy atom. The standard InChI is InChI=1S/C30H38N2O8S/c1-3-13-32(41(35,36)22-10-11-27-24(16-22)21(4-2)18-38-27)17-26(33)25(15-20-8-6-5-7-9-20)31-30(34)40-28-19-39-29-23(28)12-14-37-29/h5-11,16,18,23,25-26,28-29,33H,3-4,12-15,17,19H2,1-2H3,(H,31,34)/t23-,25-,26+,28-,29+/m0/s1/i1D3,3D2,13D2,19D2,28D. The maximum Gasteiger partial charge on any atom is 0.407 e. The number of rotatable bonds is 12. The van der Waals surface area contributed by atoms with Crippen LogP contribution in [0.3, 0.4) is 0 Å². The number of ether oxygens (including phenoxy) is 3. The number of hydrogen-bond donors (Lipinski definition) is 2. The molecule has 0 saturated carbocycles. The minimum absolute atomic E-state index is 0.0786. The summed E-state index contributed by atoms with van der Waals surface area (Å²) in [7, 11) is -5.17. The van der Waals surface area contributed by atoms with Gasteiger partial charge < -0.3 is 29.1 Å². The second kappa shape index (κ2) is 12.9. The summed E-state index contributed by atoms with van der Waals surface area (Å²) in [4.78, 5) is 12.8. The molecule has 2 aromatic carbocycles. The lowest BCUT2D eigenvalue weighted by molar-refractivity contribution is -0.0907. The fourth-order valence-corrected chi connectivity index (χ4v) is 6.12. The highest BCUT2D eigenvalue weighted by Gasteiger charge is 2.44. The number of benzene rings is 2. The summed E-state index contributed by atoms with van der Waals surface area (Å²) >= 11 is 0. The van der Waals surface area contributed by atoms with Gasteiger partial charge in [-0.2, -0.15) is 4.31 Å². The highest BCUT2D eigenvalue weighted by atomic mass is 32.2. The van der Waals surface area contributed by atoms with Crippen LogP contribution in [0.2, 0.25) is 0 Å². The largest absolute Gasteiger partial charge is 0.464 e. The van der Waals surface area contributed by atoms with Crippen LogP contribution in [-0.4, -0.2) is 74.6 Å². The van der Waals surface area contributed by atoms with Crippen LogP contribution in [0.15, 0.2) is 64.1 Å². The number of nitrogens with one attached hydrogen (secondary N) is 1. The first-order valence-electron chi connectivity index (χ1n) is 18.1. The molecule has 2 aliphatic rings. The van der Waals surface area contributed by atoms with Crippen LogP contribution in [0.4, 0.5) is 4.79 Å². The highest BCUT2D eigenvalue weighted by molar-refractivity contribution is 7.89. The minimum Gasteiger partial charge on any atom is -0.464 e. The Bertz CT molecular complexity index is 1840. The molecule has 5 rings (SSSR count). The Morgan fingerprint density at radius 2 is 2.15 bits per heavy atom.